The highest BCUT2D eigenvalue weighted by molar-refractivity contribution is 14.1. The number of halogens is 1. The van der Waals surface area contributed by atoms with Gasteiger partial charge in [0.25, 0.3) is 0 Å². The van der Waals surface area contributed by atoms with Crippen molar-refractivity contribution in [1.82, 2.24) is 9.97 Å². The molecule has 1 heterocycles. The number of nitrogens with one attached hydrogen (secondary N) is 1. The van der Waals surface area contributed by atoms with Gasteiger partial charge in [0.15, 0.2) is 0 Å². The lowest BCUT2D eigenvalue weighted by molar-refractivity contribution is 0.258. The molecular weight excluding hydrogens is 305 g/mol. The third kappa shape index (κ3) is 4.29. The minimum Gasteiger partial charge on any atom is -0.396 e. The Hall–Kier alpha value is -0.430. The first kappa shape index (κ1) is 12.6. The standard InChI is InChI=1S/C10H16IN3O/c1-2-8(3-4-15)5-13-10-9(11)6-12-7-14-10/h6-8,15H,2-5H2,1H3,(H,12,13,14). The van der Waals surface area contributed by atoms with Crippen LogP contribution in [0.4, 0.5) is 5.82 Å². The third-order valence-electron chi connectivity index (χ3n) is 2.34. The molecule has 0 fully saturated rings. The number of hydrogen-bond acceptors (Lipinski definition) is 4. The predicted octanol–water partition coefficient (Wildman–Crippen LogP) is 1.90. The summed E-state index contributed by atoms with van der Waals surface area (Å²) < 4.78 is 1.02. The highest BCUT2D eigenvalue weighted by Crippen LogP contribution is 2.14. The minimum atomic E-state index is 0.251. The number of aliphatic hydroxyl groups is 1. The van der Waals surface area contributed by atoms with Crippen LogP contribution in [0, 0.1) is 9.49 Å². The van der Waals surface area contributed by atoms with Crippen LogP contribution in [0.15, 0.2) is 12.5 Å². The summed E-state index contributed by atoms with van der Waals surface area (Å²) in [6, 6.07) is 0. The maximum Gasteiger partial charge on any atom is 0.142 e. The molecule has 1 atom stereocenters. The Bertz CT molecular complexity index is 296. The highest BCUT2D eigenvalue weighted by Gasteiger charge is 2.06. The minimum absolute atomic E-state index is 0.251. The molecule has 0 aliphatic rings. The van der Waals surface area contributed by atoms with E-state index in [0.717, 1.165) is 28.8 Å². The zero-order valence-electron chi connectivity index (χ0n) is 8.78. The molecule has 1 rings (SSSR count). The molecule has 4 nitrogen and oxygen atoms in total. The van der Waals surface area contributed by atoms with Gasteiger partial charge in [-0.2, -0.15) is 0 Å². The lowest BCUT2D eigenvalue weighted by atomic mass is 10.0. The first-order chi connectivity index (χ1) is 7.27. The van der Waals surface area contributed by atoms with Crippen LogP contribution in [0.3, 0.4) is 0 Å². The maximum atomic E-state index is 8.86. The van der Waals surface area contributed by atoms with Crippen LogP contribution < -0.4 is 5.32 Å². The fraction of sp³-hybridized carbons (Fsp3) is 0.600. The lowest BCUT2D eigenvalue weighted by Gasteiger charge is -2.15. The lowest BCUT2D eigenvalue weighted by Crippen LogP contribution is -2.16. The molecule has 1 aromatic heterocycles. The number of aromatic nitrogens is 2. The van der Waals surface area contributed by atoms with Crippen LogP contribution >= 0.6 is 22.6 Å². The van der Waals surface area contributed by atoms with Gasteiger partial charge < -0.3 is 10.4 Å². The van der Waals surface area contributed by atoms with Crippen molar-refractivity contribution < 1.29 is 5.11 Å². The quantitative estimate of drug-likeness (QED) is 0.786. The first-order valence-electron chi connectivity index (χ1n) is 5.08. The second-order valence-corrected chi connectivity index (χ2v) is 4.55. The summed E-state index contributed by atoms with van der Waals surface area (Å²) in [5.74, 6) is 1.38. The van der Waals surface area contributed by atoms with Gasteiger partial charge in [-0.15, -0.1) is 0 Å². The topological polar surface area (TPSA) is 58.0 Å². The fourth-order valence-corrected chi connectivity index (χ4v) is 1.81. The summed E-state index contributed by atoms with van der Waals surface area (Å²) in [6.45, 7) is 3.23. The van der Waals surface area contributed by atoms with E-state index in [4.69, 9.17) is 5.11 Å². The third-order valence-corrected chi connectivity index (χ3v) is 3.13. The van der Waals surface area contributed by atoms with Crippen molar-refractivity contribution in [3.63, 3.8) is 0 Å². The Labute approximate surface area is 104 Å². The molecule has 5 heteroatoms. The van der Waals surface area contributed by atoms with Crippen LogP contribution in [0.25, 0.3) is 0 Å². The monoisotopic (exact) mass is 321 g/mol. The molecule has 0 amide bonds. The number of aliphatic hydroxyl groups excluding tert-OH is 1. The molecule has 0 radical (unpaired) electrons. The first-order valence-corrected chi connectivity index (χ1v) is 6.16. The van der Waals surface area contributed by atoms with Gasteiger partial charge in [-0.3, -0.25) is 0 Å². The van der Waals surface area contributed by atoms with Gasteiger partial charge in [0.1, 0.15) is 12.1 Å². The molecular formula is C10H16IN3O. The summed E-state index contributed by atoms with van der Waals surface area (Å²) in [7, 11) is 0. The summed E-state index contributed by atoms with van der Waals surface area (Å²) in [6.07, 6.45) is 5.22. The van der Waals surface area contributed by atoms with Gasteiger partial charge in [-0.25, -0.2) is 9.97 Å². The largest absolute Gasteiger partial charge is 0.396 e. The van der Waals surface area contributed by atoms with Gasteiger partial charge in [0.05, 0.1) is 3.57 Å². The summed E-state index contributed by atoms with van der Waals surface area (Å²) in [4.78, 5) is 8.08. The second-order valence-electron chi connectivity index (χ2n) is 3.39. The van der Waals surface area contributed by atoms with E-state index in [9.17, 15) is 0 Å². The zero-order chi connectivity index (χ0) is 11.1. The second kappa shape index (κ2) is 6.95. The summed E-state index contributed by atoms with van der Waals surface area (Å²) >= 11 is 2.20. The van der Waals surface area contributed by atoms with Crippen molar-refractivity contribution in [2.45, 2.75) is 19.8 Å². The van der Waals surface area contributed by atoms with E-state index in [1.807, 2.05) is 0 Å². The SMILES string of the molecule is CCC(CCO)CNc1ncncc1I. The van der Waals surface area contributed by atoms with Gasteiger partial charge in [-0.05, 0) is 34.9 Å². The number of anilines is 1. The van der Waals surface area contributed by atoms with Crippen molar-refractivity contribution in [2.75, 3.05) is 18.5 Å². The van der Waals surface area contributed by atoms with E-state index in [1.165, 1.54) is 6.33 Å². The molecule has 1 aromatic rings. The van der Waals surface area contributed by atoms with Crippen molar-refractivity contribution in [2.24, 2.45) is 5.92 Å². The molecule has 0 saturated carbocycles. The van der Waals surface area contributed by atoms with Crippen molar-refractivity contribution in [3.8, 4) is 0 Å². The molecule has 0 saturated heterocycles. The van der Waals surface area contributed by atoms with E-state index in [-0.39, 0.29) is 6.61 Å². The van der Waals surface area contributed by atoms with Gasteiger partial charge >= 0.3 is 0 Å². The Morgan fingerprint density at radius 2 is 2.40 bits per heavy atom. The average molecular weight is 321 g/mol. The number of nitrogens with zero attached hydrogens (tertiary/aromatic N) is 2. The van der Waals surface area contributed by atoms with Gasteiger partial charge in [-0.1, -0.05) is 13.3 Å². The molecule has 0 aliphatic carbocycles. The van der Waals surface area contributed by atoms with Crippen molar-refractivity contribution >= 4 is 28.4 Å². The fourth-order valence-electron chi connectivity index (χ4n) is 1.32. The van der Waals surface area contributed by atoms with Crippen LogP contribution in [0.1, 0.15) is 19.8 Å². The summed E-state index contributed by atoms with van der Waals surface area (Å²) in [5, 5.41) is 12.1. The van der Waals surface area contributed by atoms with Crippen LogP contribution in [-0.2, 0) is 0 Å². The van der Waals surface area contributed by atoms with Crippen LogP contribution in [0.5, 0.6) is 0 Å². The normalized spacial score (nSPS) is 12.5. The smallest absolute Gasteiger partial charge is 0.142 e. The van der Waals surface area contributed by atoms with E-state index in [0.29, 0.717) is 5.92 Å². The molecule has 2 N–H and O–H groups in total. The van der Waals surface area contributed by atoms with Crippen LogP contribution in [0.2, 0.25) is 0 Å². The zero-order valence-corrected chi connectivity index (χ0v) is 10.9. The van der Waals surface area contributed by atoms with Crippen molar-refractivity contribution in [1.29, 1.82) is 0 Å². The van der Waals surface area contributed by atoms with E-state index in [2.05, 4.69) is 44.8 Å². The predicted molar refractivity (Wildman–Crippen MR) is 68.7 cm³/mol. The van der Waals surface area contributed by atoms with Crippen molar-refractivity contribution in [3.05, 3.63) is 16.1 Å². The molecule has 0 aromatic carbocycles. The number of hydrogen-bond donors (Lipinski definition) is 2. The van der Waals surface area contributed by atoms with Gasteiger partial charge in [0.2, 0.25) is 0 Å². The Kier molecular flexibility index (Phi) is 5.85. The molecule has 1 unspecified atom stereocenters. The average Bonchev–Trinajstić information content (AvgIpc) is 2.26. The molecule has 84 valence electrons. The van der Waals surface area contributed by atoms with E-state index >= 15 is 0 Å². The maximum absolute atomic E-state index is 8.86. The van der Waals surface area contributed by atoms with E-state index < -0.39 is 0 Å². The Morgan fingerprint density at radius 1 is 1.60 bits per heavy atom. The Morgan fingerprint density at radius 3 is 3.00 bits per heavy atom. The molecule has 0 spiro atoms. The highest BCUT2D eigenvalue weighted by atomic mass is 127. The number of rotatable bonds is 6. The Balaban J connectivity index is 2.45. The molecule has 0 bridgehead atoms. The molecule has 15 heavy (non-hydrogen) atoms. The van der Waals surface area contributed by atoms with Crippen LogP contribution in [-0.4, -0.2) is 28.2 Å². The van der Waals surface area contributed by atoms with E-state index in [1.54, 1.807) is 6.20 Å². The van der Waals surface area contributed by atoms with Gasteiger partial charge in [0, 0.05) is 19.3 Å². The summed E-state index contributed by atoms with van der Waals surface area (Å²) in [5.41, 5.74) is 0. The molecule has 0 aliphatic heterocycles.